The summed E-state index contributed by atoms with van der Waals surface area (Å²) in [5.41, 5.74) is 7.63. The summed E-state index contributed by atoms with van der Waals surface area (Å²) in [6, 6.07) is 22.2. The predicted octanol–water partition coefficient (Wildman–Crippen LogP) is 7.96. The first-order valence-electron chi connectivity index (χ1n) is 14.7. The van der Waals surface area contributed by atoms with Gasteiger partial charge < -0.3 is 4.42 Å². The van der Waals surface area contributed by atoms with Crippen LogP contribution in [0.2, 0.25) is 0 Å². The molecule has 0 N–H and O–H groups in total. The van der Waals surface area contributed by atoms with Gasteiger partial charge in [0.15, 0.2) is 6.20 Å². The van der Waals surface area contributed by atoms with Crippen molar-refractivity contribution >= 4 is 21.9 Å². The number of furan rings is 1. The lowest BCUT2D eigenvalue weighted by Crippen LogP contribution is -2.30. The molecule has 0 saturated heterocycles. The van der Waals surface area contributed by atoms with Crippen molar-refractivity contribution in [3.05, 3.63) is 89.6 Å². The molecule has 0 aliphatic heterocycles. The lowest BCUT2D eigenvalue weighted by molar-refractivity contribution is -0.660. The number of hydrogen-bond donors (Lipinski definition) is 0. The summed E-state index contributed by atoms with van der Waals surface area (Å²) in [6.07, 6.45) is 2.56. The zero-order valence-corrected chi connectivity index (χ0v) is 20.3. The van der Waals surface area contributed by atoms with Crippen LogP contribution in [0.15, 0.2) is 77.3 Å². The molecule has 2 nitrogen and oxygen atoms in total. The van der Waals surface area contributed by atoms with E-state index in [-0.39, 0.29) is 5.92 Å². The molecule has 1 fully saturated rings. The molecule has 2 heteroatoms. The van der Waals surface area contributed by atoms with E-state index in [0.29, 0.717) is 11.1 Å². The average molecular weight is 463 g/mol. The number of para-hydroxylation sites is 1. The SMILES string of the molecule is [2H]C1([2H])c2ccc(-c3cccc4c3oc3c(-c5cccc[n+]5C)c(C)ccc34)cc2C([2H])([2H])C1C1CCCC1. The Morgan fingerprint density at radius 3 is 2.51 bits per heavy atom. The molecule has 2 aromatic heterocycles. The van der Waals surface area contributed by atoms with E-state index in [1.807, 2.05) is 55.7 Å². The van der Waals surface area contributed by atoms with Crippen LogP contribution in [0.5, 0.6) is 0 Å². The Morgan fingerprint density at radius 2 is 1.66 bits per heavy atom. The number of fused-ring (bicyclic) bond motifs is 4. The fourth-order valence-electron chi connectivity index (χ4n) is 6.14. The molecule has 0 bridgehead atoms. The Balaban J connectivity index is 1.42. The minimum atomic E-state index is -1.72. The fourth-order valence-corrected chi connectivity index (χ4v) is 6.14. The largest absolute Gasteiger partial charge is 0.454 e. The van der Waals surface area contributed by atoms with Gasteiger partial charge in [0.25, 0.3) is 0 Å². The molecular formula is C33H32NO+. The Labute approximate surface area is 212 Å². The van der Waals surface area contributed by atoms with Crippen molar-refractivity contribution in [3.8, 4) is 22.4 Å². The Morgan fingerprint density at radius 1 is 0.829 bits per heavy atom. The summed E-state index contributed by atoms with van der Waals surface area (Å²) < 4.78 is 45.0. The standard InChI is InChI=1S/C33H32NO/c1-21-13-16-29-28-11-7-10-27(32(28)35-33(29)31(21)30-12-5-6-17-34(30)2)24-15-14-23-18-25(20-26(23)19-24)22-8-3-4-9-22/h5-7,10-17,19,22,25H,3-4,8-9,18,20H2,1-2H3/q+1/i18D2,20D2. The number of nitrogens with zero attached hydrogens (tertiary/aromatic N) is 1. The van der Waals surface area contributed by atoms with E-state index >= 15 is 0 Å². The van der Waals surface area contributed by atoms with Gasteiger partial charge in [-0.25, -0.2) is 4.57 Å². The topological polar surface area (TPSA) is 17.0 Å². The van der Waals surface area contributed by atoms with Crippen LogP contribution in [0, 0.1) is 18.8 Å². The number of aromatic nitrogens is 1. The van der Waals surface area contributed by atoms with Crippen molar-refractivity contribution in [2.45, 2.75) is 45.4 Å². The second-order valence-corrected chi connectivity index (χ2v) is 10.2. The van der Waals surface area contributed by atoms with Gasteiger partial charge in [-0.15, -0.1) is 0 Å². The van der Waals surface area contributed by atoms with Gasteiger partial charge in [0.05, 0.1) is 5.56 Å². The van der Waals surface area contributed by atoms with Crippen LogP contribution >= 0.6 is 0 Å². The highest BCUT2D eigenvalue weighted by Crippen LogP contribution is 2.43. The van der Waals surface area contributed by atoms with Gasteiger partial charge in [0, 0.05) is 34.0 Å². The van der Waals surface area contributed by atoms with Crippen molar-refractivity contribution in [3.63, 3.8) is 0 Å². The van der Waals surface area contributed by atoms with E-state index in [1.54, 1.807) is 0 Å². The molecule has 1 unspecified atom stereocenters. The van der Waals surface area contributed by atoms with E-state index in [1.165, 1.54) is 0 Å². The molecule has 1 saturated carbocycles. The Hall–Kier alpha value is -3.39. The maximum Gasteiger partial charge on any atom is 0.216 e. The van der Waals surface area contributed by atoms with Crippen LogP contribution in [-0.2, 0) is 19.8 Å². The van der Waals surface area contributed by atoms with Crippen LogP contribution in [-0.4, -0.2) is 0 Å². The molecule has 3 aromatic carbocycles. The molecule has 2 heterocycles. The molecule has 5 aromatic rings. The highest BCUT2D eigenvalue weighted by molar-refractivity contribution is 6.13. The van der Waals surface area contributed by atoms with Crippen LogP contribution in [0.25, 0.3) is 44.3 Å². The Kier molecular flexibility index (Phi) is 3.95. The number of aryl methyl sites for hydroxylation is 2. The number of pyridine rings is 1. The molecule has 0 spiro atoms. The summed E-state index contributed by atoms with van der Waals surface area (Å²) in [5, 5.41) is 2.07. The minimum absolute atomic E-state index is 0.0747. The van der Waals surface area contributed by atoms with Crippen molar-refractivity contribution in [1.29, 1.82) is 0 Å². The highest BCUT2D eigenvalue weighted by Gasteiger charge is 2.31. The van der Waals surface area contributed by atoms with Crippen LogP contribution < -0.4 is 4.57 Å². The van der Waals surface area contributed by atoms with Crippen molar-refractivity contribution in [1.82, 2.24) is 0 Å². The molecule has 0 amide bonds. The highest BCUT2D eigenvalue weighted by atomic mass is 16.3. The predicted molar refractivity (Wildman–Crippen MR) is 143 cm³/mol. The van der Waals surface area contributed by atoms with Crippen molar-refractivity contribution in [2.24, 2.45) is 18.9 Å². The third kappa shape index (κ3) is 3.34. The molecule has 7 rings (SSSR count). The van der Waals surface area contributed by atoms with Gasteiger partial charge in [0.1, 0.15) is 18.2 Å². The first-order chi connectivity index (χ1) is 18.7. The molecule has 0 radical (unpaired) electrons. The smallest absolute Gasteiger partial charge is 0.216 e. The lowest BCUT2D eigenvalue weighted by atomic mass is 9.88. The molecule has 174 valence electrons. The van der Waals surface area contributed by atoms with E-state index in [2.05, 4.69) is 35.8 Å². The monoisotopic (exact) mass is 462 g/mol. The van der Waals surface area contributed by atoms with E-state index < -0.39 is 18.7 Å². The zero-order valence-electron chi connectivity index (χ0n) is 24.3. The maximum absolute atomic E-state index is 9.12. The van der Waals surface area contributed by atoms with Crippen LogP contribution in [0.4, 0.5) is 0 Å². The second kappa shape index (κ2) is 8.09. The van der Waals surface area contributed by atoms with Gasteiger partial charge >= 0.3 is 0 Å². The molecular weight excluding hydrogens is 426 g/mol. The first kappa shape index (κ1) is 17.1. The third-order valence-corrected chi connectivity index (χ3v) is 8.01. The third-order valence-electron chi connectivity index (χ3n) is 8.01. The van der Waals surface area contributed by atoms with Gasteiger partial charge in [-0.1, -0.05) is 74.2 Å². The molecule has 35 heavy (non-hydrogen) atoms. The second-order valence-electron chi connectivity index (χ2n) is 10.2. The fraction of sp³-hybridized carbons (Fsp3) is 0.303. The summed E-state index contributed by atoms with van der Waals surface area (Å²) in [7, 11) is 2.04. The van der Waals surface area contributed by atoms with Gasteiger partial charge in [0.2, 0.25) is 5.69 Å². The average Bonchev–Trinajstić information content (AvgIpc) is 3.59. The summed E-state index contributed by atoms with van der Waals surface area (Å²) in [4.78, 5) is 0. The first-order valence-corrected chi connectivity index (χ1v) is 12.7. The number of hydrogen-bond acceptors (Lipinski definition) is 1. The van der Waals surface area contributed by atoms with Crippen molar-refractivity contribution in [2.75, 3.05) is 0 Å². The normalized spacial score (nSPS) is 22.6. The summed E-state index contributed by atoms with van der Waals surface area (Å²) >= 11 is 0. The van der Waals surface area contributed by atoms with E-state index in [9.17, 15) is 0 Å². The van der Waals surface area contributed by atoms with Crippen molar-refractivity contribution < 1.29 is 14.5 Å². The van der Waals surface area contributed by atoms with Crippen LogP contribution in [0.1, 0.15) is 47.9 Å². The maximum atomic E-state index is 9.12. The minimum Gasteiger partial charge on any atom is -0.454 e. The summed E-state index contributed by atoms with van der Waals surface area (Å²) in [5.74, 6) is -0.581. The molecule has 1 atom stereocenters. The number of rotatable bonds is 3. The van der Waals surface area contributed by atoms with Gasteiger partial charge in [-0.3, -0.25) is 0 Å². The van der Waals surface area contributed by atoms with Crippen LogP contribution in [0.3, 0.4) is 0 Å². The quantitative estimate of drug-likeness (QED) is 0.249. The Bertz CT molecular complexity index is 1760. The summed E-state index contributed by atoms with van der Waals surface area (Å²) in [6.45, 7) is 2.10. The van der Waals surface area contributed by atoms with Gasteiger partial charge in [-0.2, -0.15) is 0 Å². The number of benzene rings is 3. The van der Waals surface area contributed by atoms with Gasteiger partial charge in [-0.05, 0) is 59.8 Å². The molecule has 2 aliphatic carbocycles. The zero-order chi connectivity index (χ0) is 27.1. The lowest BCUT2D eigenvalue weighted by Gasteiger charge is -2.16. The molecule has 2 aliphatic rings. The van der Waals surface area contributed by atoms with E-state index in [0.717, 1.165) is 75.6 Å². The van der Waals surface area contributed by atoms with E-state index in [4.69, 9.17) is 9.90 Å².